The highest BCUT2D eigenvalue weighted by atomic mass is 16.5. The average molecular weight is 358 g/mol. The predicted molar refractivity (Wildman–Crippen MR) is 91.9 cm³/mol. The van der Waals surface area contributed by atoms with Gasteiger partial charge in [0.2, 0.25) is 0 Å². The second kappa shape index (κ2) is 7.75. The summed E-state index contributed by atoms with van der Waals surface area (Å²) in [6.07, 6.45) is 2.22. The van der Waals surface area contributed by atoms with Crippen molar-refractivity contribution in [1.29, 1.82) is 5.26 Å². The Balaban J connectivity index is 1.59. The van der Waals surface area contributed by atoms with Crippen LogP contribution in [0.5, 0.6) is 5.75 Å². The number of benzene rings is 1. The lowest BCUT2D eigenvalue weighted by molar-refractivity contribution is -0.150. The van der Waals surface area contributed by atoms with Gasteiger partial charge in [-0.1, -0.05) is 0 Å². The van der Waals surface area contributed by atoms with Gasteiger partial charge in [0.15, 0.2) is 6.10 Å². The molecule has 1 N–H and O–H groups in total. The Hall–Kier alpha value is -2.59. The summed E-state index contributed by atoms with van der Waals surface area (Å²) in [6, 6.07) is 6.88. The maximum atomic E-state index is 12.7. The zero-order valence-corrected chi connectivity index (χ0v) is 14.7. The molecule has 1 aromatic rings. The van der Waals surface area contributed by atoms with E-state index >= 15 is 0 Å². The maximum absolute atomic E-state index is 12.7. The number of aliphatic carboxylic acids is 1. The lowest BCUT2D eigenvalue weighted by Crippen LogP contribution is -2.41. The Bertz CT molecular complexity index is 734. The van der Waals surface area contributed by atoms with Gasteiger partial charge in [-0.2, -0.15) is 5.26 Å². The fourth-order valence-corrected chi connectivity index (χ4v) is 3.76. The van der Waals surface area contributed by atoms with E-state index in [1.54, 1.807) is 23.1 Å². The van der Waals surface area contributed by atoms with E-state index in [0.717, 1.165) is 19.3 Å². The van der Waals surface area contributed by atoms with Crippen LogP contribution < -0.4 is 4.74 Å². The van der Waals surface area contributed by atoms with Gasteiger partial charge in [0, 0.05) is 18.7 Å². The van der Waals surface area contributed by atoms with Crippen LogP contribution in [0, 0.1) is 17.2 Å². The molecule has 7 nitrogen and oxygen atoms in total. The molecule has 0 aromatic heterocycles. The van der Waals surface area contributed by atoms with Gasteiger partial charge in [-0.25, -0.2) is 4.79 Å². The van der Waals surface area contributed by atoms with E-state index in [4.69, 9.17) is 19.8 Å². The average Bonchev–Trinajstić information content (AvgIpc) is 3.17. The zero-order chi connectivity index (χ0) is 18.7. The number of piperidine rings is 1. The SMILES string of the molecule is COc1cc(C(=O)N2CCC([C@@H]3CC[C@H](C(=O)O)O3)CC2)ccc1C#N. The fraction of sp³-hybridized carbons (Fsp3) is 0.526. The van der Waals surface area contributed by atoms with Crippen LogP contribution in [0.2, 0.25) is 0 Å². The summed E-state index contributed by atoms with van der Waals surface area (Å²) in [5.74, 6) is -0.289. The molecule has 1 aromatic carbocycles. The quantitative estimate of drug-likeness (QED) is 0.884. The number of hydrogen-bond donors (Lipinski definition) is 1. The van der Waals surface area contributed by atoms with Gasteiger partial charge < -0.3 is 19.5 Å². The third-order valence-electron chi connectivity index (χ3n) is 5.25. The third-order valence-corrected chi connectivity index (χ3v) is 5.25. The van der Waals surface area contributed by atoms with E-state index in [2.05, 4.69) is 0 Å². The monoisotopic (exact) mass is 358 g/mol. The Morgan fingerprint density at radius 3 is 2.58 bits per heavy atom. The van der Waals surface area contributed by atoms with Crippen molar-refractivity contribution in [1.82, 2.24) is 4.90 Å². The Morgan fingerprint density at radius 2 is 2.00 bits per heavy atom. The van der Waals surface area contributed by atoms with Gasteiger partial charge in [-0.3, -0.25) is 4.79 Å². The van der Waals surface area contributed by atoms with E-state index in [1.165, 1.54) is 7.11 Å². The van der Waals surface area contributed by atoms with Gasteiger partial charge in [-0.05, 0) is 49.8 Å². The summed E-state index contributed by atoms with van der Waals surface area (Å²) >= 11 is 0. The number of methoxy groups -OCH3 is 1. The van der Waals surface area contributed by atoms with Gasteiger partial charge in [-0.15, -0.1) is 0 Å². The van der Waals surface area contributed by atoms with Gasteiger partial charge >= 0.3 is 5.97 Å². The molecular weight excluding hydrogens is 336 g/mol. The second-order valence-corrected chi connectivity index (χ2v) is 6.74. The number of likely N-dealkylation sites (tertiary alicyclic amines) is 1. The molecule has 2 saturated heterocycles. The molecule has 1 amide bonds. The summed E-state index contributed by atoms with van der Waals surface area (Å²) in [4.78, 5) is 25.5. The second-order valence-electron chi connectivity index (χ2n) is 6.74. The molecule has 0 spiro atoms. The van der Waals surface area contributed by atoms with Crippen LogP contribution in [-0.4, -0.2) is 54.3 Å². The highest BCUT2D eigenvalue weighted by molar-refractivity contribution is 5.95. The number of carboxylic acid groups (broad SMARTS) is 1. The summed E-state index contributed by atoms with van der Waals surface area (Å²) < 4.78 is 10.8. The predicted octanol–water partition coefficient (Wildman–Crippen LogP) is 2.05. The van der Waals surface area contributed by atoms with Gasteiger partial charge in [0.1, 0.15) is 11.8 Å². The van der Waals surface area contributed by atoms with E-state index in [-0.39, 0.29) is 12.0 Å². The molecule has 0 aliphatic carbocycles. The third kappa shape index (κ3) is 3.65. The van der Waals surface area contributed by atoms with Gasteiger partial charge in [0.25, 0.3) is 5.91 Å². The van der Waals surface area contributed by atoms with Crippen LogP contribution >= 0.6 is 0 Å². The van der Waals surface area contributed by atoms with E-state index < -0.39 is 12.1 Å². The smallest absolute Gasteiger partial charge is 0.332 e. The van der Waals surface area contributed by atoms with Gasteiger partial charge in [0.05, 0.1) is 18.8 Å². The van der Waals surface area contributed by atoms with Crippen LogP contribution in [0.3, 0.4) is 0 Å². The Morgan fingerprint density at radius 1 is 1.27 bits per heavy atom. The van der Waals surface area contributed by atoms with Crippen LogP contribution in [0.4, 0.5) is 0 Å². The molecule has 0 unspecified atom stereocenters. The highest BCUT2D eigenvalue weighted by Crippen LogP contribution is 2.32. The number of ether oxygens (including phenoxy) is 2. The first kappa shape index (κ1) is 18.2. The van der Waals surface area contributed by atoms with Crippen molar-refractivity contribution >= 4 is 11.9 Å². The van der Waals surface area contributed by atoms with Crippen molar-refractivity contribution in [2.45, 2.75) is 37.9 Å². The lowest BCUT2D eigenvalue weighted by Gasteiger charge is -2.34. The molecule has 7 heteroatoms. The number of nitriles is 1. The van der Waals surface area contributed by atoms with E-state index in [1.807, 2.05) is 6.07 Å². The number of carbonyl (C=O) groups excluding carboxylic acids is 1. The summed E-state index contributed by atoms with van der Waals surface area (Å²) in [5, 5.41) is 18.1. The van der Waals surface area contributed by atoms with Crippen molar-refractivity contribution < 1.29 is 24.2 Å². The van der Waals surface area contributed by atoms with Crippen molar-refractivity contribution in [3.8, 4) is 11.8 Å². The number of rotatable bonds is 4. The zero-order valence-electron chi connectivity index (χ0n) is 14.7. The minimum absolute atomic E-state index is 0.0247. The molecule has 0 saturated carbocycles. The first-order valence-electron chi connectivity index (χ1n) is 8.79. The molecule has 3 rings (SSSR count). The van der Waals surface area contributed by atoms with E-state index in [9.17, 15) is 9.59 Å². The molecule has 2 aliphatic heterocycles. The van der Waals surface area contributed by atoms with Crippen molar-refractivity contribution in [2.75, 3.05) is 20.2 Å². The van der Waals surface area contributed by atoms with Crippen molar-refractivity contribution in [2.24, 2.45) is 5.92 Å². The normalized spacial score (nSPS) is 23.5. The Kier molecular flexibility index (Phi) is 5.43. The van der Waals surface area contributed by atoms with Crippen LogP contribution in [0.15, 0.2) is 18.2 Å². The minimum Gasteiger partial charge on any atom is -0.495 e. The standard InChI is InChI=1S/C19H22N2O5/c1-25-17-10-13(2-3-14(17)11-20)18(22)21-8-6-12(7-9-21)15-4-5-16(26-15)19(23)24/h2-3,10,12,15-16H,4-9H2,1H3,(H,23,24)/t15-,16+/m0/s1. The van der Waals surface area contributed by atoms with Crippen LogP contribution in [0.25, 0.3) is 0 Å². The minimum atomic E-state index is -0.894. The molecule has 0 bridgehead atoms. The number of hydrogen-bond acceptors (Lipinski definition) is 5. The molecular formula is C19H22N2O5. The molecule has 26 heavy (non-hydrogen) atoms. The largest absolute Gasteiger partial charge is 0.495 e. The number of amides is 1. The maximum Gasteiger partial charge on any atom is 0.332 e. The van der Waals surface area contributed by atoms with E-state index in [0.29, 0.717) is 42.3 Å². The first-order chi connectivity index (χ1) is 12.5. The number of carbonyl (C=O) groups is 2. The summed E-state index contributed by atoms with van der Waals surface area (Å²) in [7, 11) is 1.47. The lowest BCUT2D eigenvalue weighted by atomic mass is 9.89. The van der Waals surface area contributed by atoms with Crippen molar-refractivity contribution in [3.05, 3.63) is 29.3 Å². The summed E-state index contributed by atoms with van der Waals surface area (Å²) in [6.45, 7) is 1.23. The van der Waals surface area contributed by atoms with Crippen molar-refractivity contribution in [3.63, 3.8) is 0 Å². The Labute approximate surface area is 152 Å². The summed E-state index contributed by atoms with van der Waals surface area (Å²) in [5.41, 5.74) is 0.900. The number of carboxylic acids is 1. The molecule has 2 heterocycles. The number of nitrogens with zero attached hydrogens (tertiary/aromatic N) is 2. The molecule has 2 aliphatic rings. The molecule has 2 atom stereocenters. The van der Waals surface area contributed by atoms with Crippen LogP contribution in [-0.2, 0) is 9.53 Å². The fourth-order valence-electron chi connectivity index (χ4n) is 3.76. The molecule has 138 valence electrons. The molecule has 2 fully saturated rings. The first-order valence-corrected chi connectivity index (χ1v) is 8.79. The highest BCUT2D eigenvalue weighted by Gasteiger charge is 2.37. The topological polar surface area (TPSA) is 99.9 Å². The van der Waals surface area contributed by atoms with Crippen LogP contribution in [0.1, 0.15) is 41.6 Å². The molecule has 0 radical (unpaired) electrons.